The van der Waals surface area contributed by atoms with Crippen LogP contribution in [0, 0.1) is 12.8 Å². The van der Waals surface area contributed by atoms with Gasteiger partial charge in [-0.3, -0.25) is 4.98 Å². The molecule has 2 nitrogen and oxygen atoms in total. The lowest BCUT2D eigenvalue weighted by Crippen LogP contribution is -2.23. The average molecular weight is 205 g/mol. The van der Waals surface area contributed by atoms with Gasteiger partial charge in [-0.2, -0.15) is 0 Å². The van der Waals surface area contributed by atoms with Crippen molar-refractivity contribution in [3.05, 3.63) is 24.0 Å². The predicted molar refractivity (Wildman–Crippen MR) is 61.0 cm³/mol. The molecule has 1 aromatic heterocycles. The molecule has 0 unspecified atom stereocenters. The van der Waals surface area contributed by atoms with Crippen molar-refractivity contribution in [3.8, 4) is 5.75 Å². The first-order valence-corrected chi connectivity index (χ1v) is 5.83. The Balaban J connectivity index is 1.92. The number of ether oxygens (including phenoxy) is 1. The molecule has 15 heavy (non-hydrogen) atoms. The van der Waals surface area contributed by atoms with Crippen molar-refractivity contribution in [2.24, 2.45) is 5.92 Å². The third-order valence-electron chi connectivity index (χ3n) is 3.13. The van der Waals surface area contributed by atoms with Crippen LogP contribution >= 0.6 is 0 Å². The second-order valence-electron chi connectivity index (χ2n) is 4.63. The number of rotatable bonds is 2. The second-order valence-corrected chi connectivity index (χ2v) is 4.63. The summed E-state index contributed by atoms with van der Waals surface area (Å²) in [5, 5.41) is 0. The van der Waals surface area contributed by atoms with Crippen LogP contribution in [0.1, 0.15) is 38.3 Å². The quantitative estimate of drug-likeness (QED) is 0.738. The van der Waals surface area contributed by atoms with Gasteiger partial charge in [0, 0.05) is 18.0 Å². The summed E-state index contributed by atoms with van der Waals surface area (Å²) in [6.45, 7) is 4.32. The molecule has 0 bridgehead atoms. The Morgan fingerprint density at radius 3 is 2.67 bits per heavy atom. The fourth-order valence-corrected chi connectivity index (χ4v) is 2.13. The number of nitrogens with zero attached hydrogens (tertiary/aromatic N) is 1. The monoisotopic (exact) mass is 205 g/mol. The minimum absolute atomic E-state index is 0.419. The highest BCUT2D eigenvalue weighted by Gasteiger charge is 2.19. The van der Waals surface area contributed by atoms with Gasteiger partial charge in [-0.05, 0) is 44.6 Å². The molecule has 0 radical (unpaired) electrons. The summed E-state index contributed by atoms with van der Waals surface area (Å²) in [6, 6.07) is 3.96. The fraction of sp³-hybridized carbons (Fsp3) is 0.615. The number of hydrogen-bond acceptors (Lipinski definition) is 2. The highest BCUT2D eigenvalue weighted by Crippen LogP contribution is 2.27. The van der Waals surface area contributed by atoms with Crippen molar-refractivity contribution < 1.29 is 4.74 Å². The van der Waals surface area contributed by atoms with Crippen molar-refractivity contribution >= 4 is 0 Å². The lowest BCUT2D eigenvalue weighted by atomic mass is 9.89. The Kier molecular flexibility index (Phi) is 3.24. The SMILES string of the molecule is Cc1cc(O[C@H]2CC[C@H](C)CC2)ccn1. The van der Waals surface area contributed by atoms with Gasteiger partial charge in [-0.25, -0.2) is 0 Å². The second kappa shape index (κ2) is 4.65. The summed E-state index contributed by atoms with van der Waals surface area (Å²) in [4.78, 5) is 4.16. The zero-order valence-electron chi connectivity index (χ0n) is 9.57. The molecule has 1 aliphatic carbocycles. The molecular formula is C13H19NO. The van der Waals surface area contributed by atoms with Crippen molar-refractivity contribution in [1.82, 2.24) is 4.98 Å². The molecule has 1 aromatic rings. The number of hydrogen-bond donors (Lipinski definition) is 0. The van der Waals surface area contributed by atoms with E-state index in [9.17, 15) is 0 Å². The molecule has 1 aliphatic rings. The van der Waals surface area contributed by atoms with Crippen LogP contribution in [0.5, 0.6) is 5.75 Å². The first-order chi connectivity index (χ1) is 7.24. The Bertz CT molecular complexity index is 316. The van der Waals surface area contributed by atoms with Crippen molar-refractivity contribution in [2.45, 2.75) is 45.6 Å². The molecular weight excluding hydrogens is 186 g/mol. The van der Waals surface area contributed by atoms with E-state index in [2.05, 4.69) is 11.9 Å². The van der Waals surface area contributed by atoms with Crippen LogP contribution in [0.15, 0.2) is 18.3 Å². The first kappa shape index (κ1) is 10.5. The van der Waals surface area contributed by atoms with Crippen molar-refractivity contribution in [3.63, 3.8) is 0 Å². The minimum atomic E-state index is 0.419. The first-order valence-electron chi connectivity index (χ1n) is 5.83. The van der Waals surface area contributed by atoms with Gasteiger partial charge in [0.05, 0.1) is 6.10 Å². The van der Waals surface area contributed by atoms with Crippen LogP contribution in [0.25, 0.3) is 0 Å². The largest absolute Gasteiger partial charge is 0.490 e. The van der Waals surface area contributed by atoms with E-state index < -0.39 is 0 Å². The Hall–Kier alpha value is -1.05. The van der Waals surface area contributed by atoms with Gasteiger partial charge < -0.3 is 4.74 Å². The Labute approximate surface area is 91.7 Å². The van der Waals surface area contributed by atoms with Gasteiger partial charge in [0.25, 0.3) is 0 Å². The Morgan fingerprint density at radius 1 is 1.27 bits per heavy atom. The van der Waals surface area contributed by atoms with E-state index in [4.69, 9.17) is 4.74 Å². The average Bonchev–Trinajstić information content (AvgIpc) is 2.22. The molecule has 1 heterocycles. The summed E-state index contributed by atoms with van der Waals surface area (Å²) < 4.78 is 5.94. The molecule has 1 fully saturated rings. The Morgan fingerprint density at radius 2 is 2.00 bits per heavy atom. The molecule has 1 saturated carbocycles. The zero-order valence-corrected chi connectivity index (χ0v) is 9.57. The molecule has 0 saturated heterocycles. The maximum Gasteiger partial charge on any atom is 0.123 e. The molecule has 0 atom stereocenters. The van der Waals surface area contributed by atoms with Gasteiger partial charge in [0.2, 0.25) is 0 Å². The van der Waals surface area contributed by atoms with Crippen molar-refractivity contribution in [2.75, 3.05) is 0 Å². The van der Waals surface area contributed by atoms with Gasteiger partial charge in [0.1, 0.15) is 5.75 Å². The van der Waals surface area contributed by atoms with E-state index in [-0.39, 0.29) is 0 Å². The van der Waals surface area contributed by atoms with Crippen LogP contribution in [0.3, 0.4) is 0 Å². The molecule has 0 aliphatic heterocycles. The number of pyridine rings is 1. The van der Waals surface area contributed by atoms with E-state index in [0.29, 0.717) is 6.10 Å². The van der Waals surface area contributed by atoms with E-state index in [1.807, 2.05) is 25.3 Å². The number of aromatic nitrogens is 1. The molecule has 82 valence electrons. The number of aryl methyl sites for hydroxylation is 1. The van der Waals surface area contributed by atoms with E-state index in [1.165, 1.54) is 25.7 Å². The smallest absolute Gasteiger partial charge is 0.123 e. The summed E-state index contributed by atoms with van der Waals surface area (Å²) in [7, 11) is 0. The molecule has 0 N–H and O–H groups in total. The highest BCUT2D eigenvalue weighted by atomic mass is 16.5. The van der Waals surface area contributed by atoms with Crippen LogP contribution < -0.4 is 4.74 Å². The van der Waals surface area contributed by atoms with Crippen LogP contribution in [0.2, 0.25) is 0 Å². The van der Waals surface area contributed by atoms with Gasteiger partial charge >= 0.3 is 0 Å². The van der Waals surface area contributed by atoms with E-state index in [1.54, 1.807) is 0 Å². The van der Waals surface area contributed by atoms with Crippen molar-refractivity contribution in [1.29, 1.82) is 0 Å². The summed E-state index contributed by atoms with van der Waals surface area (Å²) in [6.07, 6.45) is 7.23. The molecule has 0 spiro atoms. The predicted octanol–water partition coefficient (Wildman–Crippen LogP) is 3.35. The molecule has 2 heteroatoms. The van der Waals surface area contributed by atoms with Gasteiger partial charge in [0.15, 0.2) is 0 Å². The molecule has 2 rings (SSSR count). The summed E-state index contributed by atoms with van der Waals surface area (Å²) in [5.41, 5.74) is 1.02. The highest BCUT2D eigenvalue weighted by molar-refractivity contribution is 5.22. The summed E-state index contributed by atoms with van der Waals surface area (Å²) in [5.74, 6) is 1.85. The lowest BCUT2D eigenvalue weighted by Gasteiger charge is -2.26. The maximum absolute atomic E-state index is 5.94. The topological polar surface area (TPSA) is 22.1 Å². The molecule has 0 aromatic carbocycles. The lowest BCUT2D eigenvalue weighted by molar-refractivity contribution is 0.135. The normalized spacial score (nSPS) is 26.3. The fourth-order valence-electron chi connectivity index (χ4n) is 2.13. The van der Waals surface area contributed by atoms with E-state index >= 15 is 0 Å². The minimum Gasteiger partial charge on any atom is -0.490 e. The van der Waals surface area contributed by atoms with Gasteiger partial charge in [-0.15, -0.1) is 0 Å². The third kappa shape index (κ3) is 2.95. The molecule has 0 amide bonds. The standard InChI is InChI=1S/C13H19NO/c1-10-3-5-12(6-4-10)15-13-7-8-14-11(2)9-13/h7-10,12H,3-6H2,1-2H3/t10-,12-. The zero-order chi connectivity index (χ0) is 10.7. The van der Waals surface area contributed by atoms with Crippen LogP contribution in [-0.4, -0.2) is 11.1 Å². The van der Waals surface area contributed by atoms with Crippen LogP contribution in [0.4, 0.5) is 0 Å². The maximum atomic E-state index is 5.94. The summed E-state index contributed by atoms with van der Waals surface area (Å²) >= 11 is 0. The van der Waals surface area contributed by atoms with Crippen LogP contribution in [-0.2, 0) is 0 Å². The third-order valence-corrected chi connectivity index (χ3v) is 3.13. The van der Waals surface area contributed by atoms with Gasteiger partial charge in [-0.1, -0.05) is 6.92 Å². The van der Waals surface area contributed by atoms with E-state index in [0.717, 1.165) is 17.4 Å².